The van der Waals surface area contributed by atoms with Crippen molar-refractivity contribution in [2.75, 3.05) is 45.9 Å². The number of aromatic nitrogens is 1. The Labute approximate surface area is 148 Å². The second-order valence-electron chi connectivity index (χ2n) is 6.30. The molecule has 3 N–H and O–H groups in total. The van der Waals surface area contributed by atoms with Crippen molar-refractivity contribution in [3.63, 3.8) is 0 Å². The number of nitrogens with zero attached hydrogens (tertiary/aromatic N) is 3. The van der Waals surface area contributed by atoms with Crippen LogP contribution in [0.5, 0.6) is 0 Å². The van der Waals surface area contributed by atoms with E-state index in [-0.39, 0.29) is 0 Å². The normalized spacial score (nSPS) is 19.1. The number of thiazole rings is 1. The van der Waals surface area contributed by atoms with E-state index >= 15 is 0 Å². The fraction of sp³-hybridized carbons (Fsp3) is 0.750. The molecule has 1 aliphatic rings. The van der Waals surface area contributed by atoms with Crippen molar-refractivity contribution in [2.45, 2.75) is 32.9 Å². The molecule has 2 rings (SSSR count). The number of morpholine rings is 1. The van der Waals surface area contributed by atoms with E-state index in [9.17, 15) is 5.11 Å². The quantitative estimate of drug-likeness (QED) is 0.491. The monoisotopic (exact) mass is 355 g/mol. The third-order valence-corrected chi connectivity index (χ3v) is 4.79. The molecule has 24 heavy (non-hydrogen) atoms. The second-order valence-corrected chi connectivity index (χ2v) is 7.23. The maximum atomic E-state index is 10.6. The molecule has 0 amide bonds. The van der Waals surface area contributed by atoms with Gasteiger partial charge >= 0.3 is 0 Å². The predicted octanol–water partition coefficient (Wildman–Crippen LogP) is 0.590. The average molecular weight is 356 g/mol. The summed E-state index contributed by atoms with van der Waals surface area (Å²) in [5.74, 6) is 0.715. The number of guanidine groups is 1. The highest BCUT2D eigenvalue weighted by Crippen LogP contribution is 2.13. The molecule has 1 unspecified atom stereocenters. The topological polar surface area (TPSA) is 82.0 Å². The molecule has 2 heterocycles. The van der Waals surface area contributed by atoms with Crippen molar-refractivity contribution in [3.05, 3.63) is 16.1 Å². The summed E-state index contributed by atoms with van der Waals surface area (Å²) in [5.41, 5.74) is 2.04. The van der Waals surface area contributed by atoms with Crippen LogP contribution in [0.2, 0.25) is 0 Å². The third kappa shape index (κ3) is 6.35. The van der Waals surface area contributed by atoms with E-state index in [1.807, 2.05) is 26.3 Å². The first kappa shape index (κ1) is 19.1. The molecule has 0 saturated carbocycles. The van der Waals surface area contributed by atoms with Gasteiger partial charge < -0.3 is 20.5 Å². The molecule has 0 aromatic carbocycles. The van der Waals surface area contributed by atoms with Crippen LogP contribution in [0.1, 0.15) is 24.4 Å². The summed E-state index contributed by atoms with van der Waals surface area (Å²) in [6.07, 6.45) is 0. The molecular weight excluding hydrogens is 326 g/mol. The third-order valence-electron chi connectivity index (χ3n) is 3.87. The minimum absolute atomic E-state index is 0.442. The first-order valence-electron chi connectivity index (χ1n) is 8.44. The largest absolute Gasteiger partial charge is 0.387 e. The number of hydrogen-bond donors (Lipinski definition) is 3. The standard InChI is InChI=1S/C16H29N5O2S/c1-4-17-15(18-9-14-13(2)20-12-24-14)19-10-16(3,22)11-21-5-7-23-8-6-21/h12,22H,4-11H2,1-3H3,(H2,17,18,19). The lowest BCUT2D eigenvalue weighted by Gasteiger charge is -2.34. The maximum Gasteiger partial charge on any atom is 0.191 e. The Kier molecular flexibility index (Phi) is 7.41. The van der Waals surface area contributed by atoms with Crippen molar-refractivity contribution < 1.29 is 9.84 Å². The maximum absolute atomic E-state index is 10.6. The van der Waals surface area contributed by atoms with Gasteiger partial charge in [-0.3, -0.25) is 4.90 Å². The zero-order chi connectivity index (χ0) is 17.4. The lowest BCUT2D eigenvalue weighted by molar-refractivity contribution is -0.0201. The number of nitrogens with one attached hydrogen (secondary N) is 2. The molecule has 1 saturated heterocycles. The summed E-state index contributed by atoms with van der Waals surface area (Å²) in [6.45, 7) is 11.5. The van der Waals surface area contributed by atoms with E-state index in [2.05, 4.69) is 25.5 Å². The van der Waals surface area contributed by atoms with Gasteiger partial charge in [-0.25, -0.2) is 9.98 Å². The highest BCUT2D eigenvalue weighted by molar-refractivity contribution is 7.09. The van der Waals surface area contributed by atoms with Gasteiger partial charge in [-0.2, -0.15) is 0 Å². The molecule has 136 valence electrons. The Morgan fingerprint density at radius 3 is 2.83 bits per heavy atom. The average Bonchev–Trinajstić information content (AvgIpc) is 2.96. The Balaban J connectivity index is 1.85. The molecule has 1 fully saturated rings. The highest BCUT2D eigenvalue weighted by atomic mass is 32.1. The smallest absolute Gasteiger partial charge is 0.191 e. The Morgan fingerprint density at radius 1 is 1.46 bits per heavy atom. The number of ether oxygens (including phenoxy) is 1. The van der Waals surface area contributed by atoms with Crippen molar-refractivity contribution in [1.82, 2.24) is 20.5 Å². The molecule has 8 heteroatoms. The fourth-order valence-electron chi connectivity index (χ4n) is 2.54. The van der Waals surface area contributed by atoms with Crippen molar-refractivity contribution in [2.24, 2.45) is 4.99 Å². The molecule has 1 aliphatic heterocycles. The predicted molar refractivity (Wildman–Crippen MR) is 97.6 cm³/mol. The number of hydrogen-bond acceptors (Lipinski definition) is 6. The molecular formula is C16H29N5O2S. The number of aliphatic hydroxyl groups is 1. The van der Waals surface area contributed by atoms with Gasteiger partial charge in [-0.1, -0.05) is 0 Å². The number of rotatable bonds is 7. The van der Waals surface area contributed by atoms with Crippen LogP contribution in [0.4, 0.5) is 0 Å². The number of aryl methyl sites for hydroxylation is 1. The van der Waals surface area contributed by atoms with Crippen molar-refractivity contribution in [3.8, 4) is 0 Å². The van der Waals surface area contributed by atoms with E-state index in [0.717, 1.165) is 43.4 Å². The van der Waals surface area contributed by atoms with Crippen LogP contribution in [0.3, 0.4) is 0 Å². The van der Waals surface area contributed by atoms with Crippen LogP contribution < -0.4 is 10.6 Å². The SMILES string of the molecule is CCNC(=NCc1scnc1C)NCC(C)(O)CN1CCOCC1. The molecule has 1 atom stereocenters. The zero-order valence-electron chi connectivity index (χ0n) is 14.8. The minimum Gasteiger partial charge on any atom is -0.387 e. The van der Waals surface area contributed by atoms with E-state index < -0.39 is 5.60 Å². The van der Waals surface area contributed by atoms with Crippen LogP contribution in [-0.2, 0) is 11.3 Å². The van der Waals surface area contributed by atoms with Gasteiger partial charge in [-0.15, -0.1) is 11.3 Å². The molecule has 7 nitrogen and oxygen atoms in total. The highest BCUT2D eigenvalue weighted by Gasteiger charge is 2.25. The van der Waals surface area contributed by atoms with Gasteiger partial charge in [0.15, 0.2) is 5.96 Å². The van der Waals surface area contributed by atoms with Crippen LogP contribution in [0.15, 0.2) is 10.5 Å². The van der Waals surface area contributed by atoms with Crippen LogP contribution in [0.25, 0.3) is 0 Å². The fourth-order valence-corrected chi connectivity index (χ4v) is 3.24. The number of β-amino-alcohol motifs (C(OH)–C–C–N with tert-alkyl or cyclic N) is 1. The van der Waals surface area contributed by atoms with Gasteiger partial charge in [0.05, 0.1) is 36.6 Å². The first-order valence-corrected chi connectivity index (χ1v) is 9.32. The van der Waals surface area contributed by atoms with Crippen molar-refractivity contribution in [1.29, 1.82) is 0 Å². The first-order chi connectivity index (χ1) is 11.5. The Bertz CT molecular complexity index is 526. The van der Waals surface area contributed by atoms with E-state index in [4.69, 9.17) is 4.74 Å². The minimum atomic E-state index is -0.825. The lowest BCUT2D eigenvalue weighted by atomic mass is 10.1. The van der Waals surface area contributed by atoms with Crippen LogP contribution >= 0.6 is 11.3 Å². The molecule has 0 aliphatic carbocycles. The lowest BCUT2D eigenvalue weighted by Crippen LogP contribution is -2.52. The summed E-state index contributed by atoms with van der Waals surface area (Å²) in [4.78, 5) is 12.2. The Hall–Kier alpha value is -1.22. The van der Waals surface area contributed by atoms with Crippen LogP contribution in [0, 0.1) is 6.92 Å². The van der Waals surface area contributed by atoms with Crippen molar-refractivity contribution >= 4 is 17.3 Å². The molecule has 0 radical (unpaired) electrons. The summed E-state index contributed by atoms with van der Waals surface area (Å²) in [7, 11) is 0. The second kappa shape index (κ2) is 9.31. The summed E-state index contributed by atoms with van der Waals surface area (Å²) in [6, 6.07) is 0. The zero-order valence-corrected chi connectivity index (χ0v) is 15.7. The molecule has 0 bridgehead atoms. The summed E-state index contributed by atoms with van der Waals surface area (Å²) >= 11 is 1.61. The van der Waals surface area contributed by atoms with Crippen LogP contribution in [-0.4, -0.2) is 72.5 Å². The van der Waals surface area contributed by atoms with Gasteiger partial charge in [0.1, 0.15) is 0 Å². The van der Waals surface area contributed by atoms with Gasteiger partial charge in [0, 0.05) is 37.6 Å². The molecule has 1 aromatic heterocycles. The van der Waals surface area contributed by atoms with E-state index in [1.54, 1.807) is 11.3 Å². The van der Waals surface area contributed by atoms with E-state index in [0.29, 0.717) is 25.6 Å². The Morgan fingerprint density at radius 2 is 2.21 bits per heavy atom. The van der Waals surface area contributed by atoms with Gasteiger partial charge in [0.25, 0.3) is 0 Å². The van der Waals surface area contributed by atoms with E-state index in [1.165, 1.54) is 0 Å². The summed E-state index contributed by atoms with van der Waals surface area (Å²) in [5, 5.41) is 17.1. The molecule has 0 spiro atoms. The molecule has 1 aromatic rings. The van der Waals surface area contributed by atoms with Gasteiger partial charge in [0.2, 0.25) is 0 Å². The number of aliphatic imine (C=N–C) groups is 1. The summed E-state index contributed by atoms with van der Waals surface area (Å²) < 4.78 is 5.35. The van der Waals surface area contributed by atoms with Gasteiger partial charge in [-0.05, 0) is 20.8 Å².